The zero-order valence-corrected chi connectivity index (χ0v) is 9.34. The van der Waals surface area contributed by atoms with Crippen molar-refractivity contribution in [1.29, 1.82) is 0 Å². The van der Waals surface area contributed by atoms with E-state index < -0.39 is 0 Å². The van der Waals surface area contributed by atoms with Gasteiger partial charge in [-0.3, -0.25) is 0 Å². The lowest BCUT2D eigenvalue weighted by Crippen LogP contribution is -2.21. The van der Waals surface area contributed by atoms with E-state index in [9.17, 15) is 0 Å². The highest BCUT2D eigenvalue weighted by Gasteiger charge is 2.37. The van der Waals surface area contributed by atoms with E-state index in [4.69, 9.17) is 17.3 Å². The van der Waals surface area contributed by atoms with Gasteiger partial charge in [0.15, 0.2) is 0 Å². The molecule has 0 bridgehead atoms. The molecule has 0 unspecified atom stereocenters. The fourth-order valence-corrected chi connectivity index (χ4v) is 2.84. The summed E-state index contributed by atoms with van der Waals surface area (Å²) in [5.74, 6) is 0. The van der Waals surface area contributed by atoms with E-state index in [0.717, 1.165) is 17.9 Å². The highest BCUT2D eigenvalue weighted by Crippen LogP contribution is 2.38. The highest BCUT2D eigenvalue weighted by atomic mass is 35.5. The zero-order chi connectivity index (χ0) is 9.47. The number of hydrogen-bond acceptors (Lipinski definition) is 2. The summed E-state index contributed by atoms with van der Waals surface area (Å²) in [6.45, 7) is 2.09. The average Bonchev–Trinajstić information content (AvgIpc) is 2.69. The average molecular weight is 216 g/mol. The van der Waals surface area contributed by atoms with Gasteiger partial charge in [-0.25, -0.2) is 0 Å². The molecule has 0 radical (unpaired) electrons. The number of nitrogens with two attached hydrogens (primary N) is 1. The molecule has 2 rings (SSSR count). The van der Waals surface area contributed by atoms with E-state index >= 15 is 0 Å². The molecular weight excluding hydrogens is 202 g/mol. The molecule has 2 N–H and O–H groups in total. The lowest BCUT2D eigenvalue weighted by Gasteiger charge is -2.06. The number of rotatable bonds is 3. The van der Waals surface area contributed by atoms with E-state index in [1.807, 2.05) is 6.07 Å². The van der Waals surface area contributed by atoms with Crippen molar-refractivity contribution in [1.82, 2.24) is 0 Å². The van der Waals surface area contributed by atoms with Crippen LogP contribution in [0, 0.1) is 6.92 Å². The Balaban J connectivity index is 1.97. The minimum Gasteiger partial charge on any atom is -0.325 e. The molecular formula is C10H14ClNS. The van der Waals surface area contributed by atoms with Crippen molar-refractivity contribution in [2.75, 3.05) is 0 Å². The van der Waals surface area contributed by atoms with Gasteiger partial charge in [-0.1, -0.05) is 11.6 Å². The smallest absolute Gasteiger partial charge is 0.0547 e. The Hall–Kier alpha value is -0.0500. The number of thiophene rings is 1. The summed E-state index contributed by atoms with van der Waals surface area (Å²) in [4.78, 5) is 2.60. The molecule has 1 heterocycles. The molecule has 0 spiro atoms. The second kappa shape index (κ2) is 3.26. The van der Waals surface area contributed by atoms with Crippen LogP contribution in [0.25, 0.3) is 0 Å². The molecule has 1 saturated carbocycles. The van der Waals surface area contributed by atoms with Crippen LogP contribution in [0.3, 0.4) is 0 Å². The van der Waals surface area contributed by atoms with Gasteiger partial charge in [0.2, 0.25) is 0 Å². The van der Waals surface area contributed by atoms with E-state index in [2.05, 4.69) is 6.92 Å². The van der Waals surface area contributed by atoms with Gasteiger partial charge in [-0.15, -0.1) is 11.3 Å². The van der Waals surface area contributed by atoms with E-state index in [-0.39, 0.29) is 5.54 Å². The maximum absolute atomic E-state index is 6.06. The highest BCUT2D eigenvalue weighted by molar-refractivity contribution is 7.12. The zero-order valence-electron chi connectivity index (χ0n) is 7.77. The third-order valence-corrected chi connectivity index (χ3v) is 4.18. The van der Waals surface area contributed by atoms with Gasteiger partial charge in [0, 0.05) is 15.3 Å². The van der Waals surface area contributed by atoms with Gasteiger partial charge in [-0.05, 0) is 38.7 Å². The Morgan fingerprint density at radius 3 is 2.77 bits per heavy atom. The van der Waals surface area contributed by atoms with Gasteiger partial charge in [0.05, 0.1) is 5.02 Å². The lowest BCUT2D eigenvalue weighted by molar-refractivity contribution is 0.612. The van der Waals surface area contributed by atoms with Crippen LogP contribution in [0.4, 0.5) is 0 Å². The minimum absolute atomic E-state index is 0.154. The fraction of sp³-hybridized carbons (Fsp3) is 0.600. The second-order valence-corrected chi connectivity index (χ2v) is 5.74. The summed E-state index contributed by atoms with van der Waals surface area (Å²) in [6, 6.07) is 2.04. The van der Waals surface area contributed by atoms with Crippen molar-refractivity contribution in [3.05, 3.63) is 20.8 Å². The first-order chi connectivity index (χ1) is 6.09. The molecule has 1 aromatic heterocycles. The van der Waals surface area contributed by atoms with Gasteiger partial charge in [-0.2, -0.15) is 0 Å². The SMILES string of the molecule is Cc1cc(Cl)c(CCC2(N)CC2)s1. The third kappa shape index (κ3) is 2.25. The largest absolute Gasteiger partial charge is 0.325 e. The quantitative estimate of drug-likeness (QED) is 0.824. The van der Waals surface area contributed by atoms with Crippen LogP contribution in [0.1, 0.15) is 29.0 Å². The topological polar surface area (TPSA) is 26.0 Å². The maximum Gasteiger partial charge on any atom is 0.0547 e. The summed E-state index contributed by atoms with van der Waals surface area (Å²) < 4.78 is 0. The molecule has 1 aliphatic carbocycles. The predicted octanol–water partition coefficient (Wildman–Crippen LogP) is 3.13. The van der Waals surface area contributed by atoms with Crippen LogP contribution in [-0.2, 0) is 6.42 Å². The molecule has 0 aliphatic heterocycles. The molecule has 0 aromatic carbocycles. The van der Waals surface area contributed by atoms with Crippen molar-refractivity contribution in [3.8, 4) is 0 Å². The number of halogens is 1. The molecule has 72 valence electrons. The van der Waals surface area contributed by atoms with Gasteiger partial charge >= 0.3 is 0 Å². The minimum atomic E-state index is 0.154. The van der Waals surface area contributed by atoms with Crippen molar-refractivity contribution in [3.63, 3.8) is 0 Å². The summed E-state index contributed by atoms with van der Waals surface area (Å²) in [7, 11) is 0. The van der Waals surface area contributed by atoms with Crippen LogP contribution in [-0.4, -0.2) is 5.54 Å². The maximum atomic E-state index is 6.06. The van der Waals surface area contributed by atoms with Crippen molar-refractivity contribution in [2.24, 2.45) is 5.73 Å². The standard InChI is InChI=1S/C10H14ClNS/c1-7-6-8(11)9(13-7)2-3-10(12)4-5-10/h6H,2-5,12H2,1H3. The predicted molar refractivity (Wildman–Crippen MR) is 58.5 cm³/mol. The Morgan fingerprint density at radius 1 is 1.62 bits per heavy atom. The summed E-state index contributed by atoms with van der Waals surface area (Å²) in [6.07, 6.45) is 4.52. The van der Waals surface area contributed by atoms with E-state index in [0.29, 0.717) is 0 Å². The summed E-state index contributed by atoms with van der Waals surface area (Å²) in [5, 5.41) is 0.923. The van der Waals surface area contributed by atoms with Crippen LogP contribution < -0.4 is 5.73 Å². The van der Waals surface area contributed by atoms with Crippen molar-refractivity contribution in [2.45, 2.75) is 38.1 Å². The molecule has 3 heteroatoms. The second-order valence-electron chi connectivity index (χ2n) is 3.99. The van der Waals surface area contributed by atoms with E-state index in [1.54, 1.807) is 11.3 Å². The molecule has 1 aliphatic rings. The summed E-state index contributed by atoms with van der Waals surface area (Å²) in [5.41, 5.74) is 6.17. The van der Waals surface area contributed by atoms with Gasteiger partial charge in [0.1, 0.15) is 0 Å². The molecule has 0 amide bonds. The molecule has 13 heavy (non-hydrogen) atoms. The molecule has 0 atom stereocenters. The van der Waals surface area contributed by atoms with Crippen LogP contribution in [0.2, 0.25) is 5.02 Å². The lowest BCUT2D eigenvalue weighted by atomic mass is 10.1. The number of hydrogen-bond donors (Lipinski definition) is 1. The van der Waals surface area contributed by atoms with Crippen LogP contribution >= 0.6 is 22.9 Å². The monoisotopic (exact) mass is 215 g/mol. The fourth-order valence-electron chi connectivity index (χ4n) is 1.47. The molecule has 1 fully saturated rings. The van der Waals surface area contributed by atoms with Gasteiger partial charge in [0.25, 0.3) is 0 Å². The first-order valence-corrected chi connectivity index (χ1v) is 5.82. The Morgan fingerprint density at radius 2 is 2.31 bits per heavy atom. The van der Waals surface area contributed by atoms with Crippen molar-refractivity contribution < 1.29 is 0 Å². The molecule has 1 nitrogen and oxygen atoms in total. The van der Waals surface area contributed by atoms with Crippen LogP contribution in [0.5, 0.6) is 0 Å². The Labute approximate surface area is 87.9 Å². The first-order valence-electron chi connectivity index (χ1n) is 4.63. The first kappa shape index (κ1) is 9.50. The van der Waals surface area contributed by atoms with Crippen molar-refractivity contribution >= 4 is 22.9 Å². The third-order valence-electron chi connectivity index (χ3n) is 2.62. The summed E-state index contributed by atoms with van der Waals surface area (Å²) >= 11 is 7.86. The molecule has 1 aromatic rings. The molecule has 0 saturated heterocycles. The van der Waals surface area contributed by atoms with Crippen LogP contribution in [0.15, 0.2) is 6.07 Å². The normalized spacial score (nSPS) is 19.0. The Bertz CT molecular complexity index is 315. The van der Waals surface area contributed by atoms with Gasteiger partial charge < -0.3 is 5.73 Å². The van der Waals surface area contributed by atoms with E-state index in [1.165, 1.54) is 22.6 Å². The Kier molecular flexibility index (Phi) is 2.39. The number of aryl methyl sites for hydroxylation is 2.